The van der Waals surface area contributed by atoms with Crippen molar-refractivity contribution in [1.29, 1.82) is 0 Å². The van der Waals surface area contributed by atoms with Crippen molar-refractivity contribution in [3.63, 3.8) is 0 Å². The molecule has 100 valence electrons. The SMILES string of the molecule is C=NC(=C)c1cc2c(F)cccc2n1C.CCC=O. The highest BCUT2D eigenvalue weighted by atomic mass is 19.1. The van der Waals surface area contributed by atoms with Crippen LogP contribution in [0.25, 0.3) is 16.6 Å². The highest BCUT2D eigenvalue weighted by molar-refractivity contribution is 5.86. The van der Waals surface area contributed by atoms with Gasteiger partial charge in [-0.15, -0.1) is 0 Å². The zero-order chi connectivity index (χ0) is 14.4. The maximum atomic E-state index is 13.5. The lowest BCUT2D eigenvalue weighted by Gasteiger charge is -2.02. The lowest BCUT2D eigenvalue weighted by molar-refractivity contribution is -0.107. The maximum Gasteiger partial charge on any atom is 0.132 e. The van der Waals surface area contributed by atoms with E-state index in [1.54, 1.807) is 12.1 Å². The van der Waals surface area contributed by atoms with Crippen LogP contribution in [0.4, 0.5) is 4.39 Å². The Labute approximate surface area is 112 Å². The van der Waals surface area contributed by atoms with Crippen LogP contribution in [-0.4, -0.2) is 17.6 Å². The number of hydrogen-bond acceptors (Lipinski definition) is 2. The first-order valence-electron chi connectivity index (χ1n) is 5.90. The predicted molar refractivity (Wildman–Crippen MR) is 77.8 cm³/mol. The fraction of sp³-hybridized carbons (Fsp3) is 0.200. The Hall–Kier alpha value is -2.23. The molecule has 1 aromatic heterocycles. The lowest BCUT2D eigenvalue weighted by atomic mass is 10.2. The number of aryl methyl sites for hydroxylation is 1. The Bertz CT molecular complexity index is 614. The van der Waals surface area contributed by atoms with Gasteiger partial charge in [0.25, 0.3) is 0 Å². The van der Waals surface area contributed by atoms with Crippen molar-refractivity contribution in [3.8, 4) is 0 Å². The average Bonchev–Trinajstić information content (AvgIpc) is 2.77. The van der Waals surface area contributed by atoms with Crippen LogP contribution in [0.1, 0.15) is 19.0 Å². The Morgan fingerprint density at radius 2 is 2.16 bits per heavy atom. The summed E-state index contributed by atoms with van der Waals surface area (Å²) in [6.45, 7) is 8.98. The van der Waals surface area contributed by atoms with Gasteiger partial charge in [-0.05, 0) is 24.9 Å². The topological polar surface area (TPSA) is 34.4 Å². The second-order valence-electron chi connectivity index (χ2n) is 3.94. The van der Waals surface area contributed by atoms with Gasteiger partial charge in [-0.25, -0.2) is 4.39 Å². The quantitative estimate of drug-likeness (QED) is 0.613. The largest absolute Gasteiger partial charge is 0.342 e. The van der Waals surface area contributed by atoms with Crippen LogP contribution in [0.5, 0.6) is 0 Å². The Morgan fingerprint density at radius 3 is 2.63 bits per heavy atom. The predicted octanol–water partition coefficient (Wildman–Crippen LogP) is 3.58. The van der Waals surface area contributed by atoms with E-state index in [0.29, 0.717) is 17.5 Å². The van der Waals surface area contributed by atoms with Gasteiger partial charge in [0.05, 0.1) is 16.9 Å². The van der Waals surface area contributed by atoms with E-state index in [4.69, 9.17) is 0 Å². The first-order chi connectivity index (χ1) is 9.06. The molecule has 0 saturated carbocycles. The number of nitrogens with zero attached hydrogens (tertiary/aromatic N) is 2. The molecular formula is C15H17FN2O. The van der Waals surface area contributed by atoms with E-state index in [9.17, 15) is 9.18 Å². The molecule has 0 spiro atoms. The summed E-state index contributed by atoms with van der Waals surface area (Å²) < 4.78 is 15.3. The molecule has 1 aromatic carbocycles. The zero-order valence-corrected chi connectivity index (χ0v) is 11.2. The third-order valence-electron chi connectivity index (χ3n) is 2.69. The van der Waals surface area contributed by atoms with Gasteiger partial charge in [-0.1, -0.05) is 19.6 Å². The Balaban J connectivity index is 0.000000399. The summed E-state index contributed by atoms with van der Waals surface area (Å²) in [5.74, 6) is -0.230. The molecule has 0 radical (unpaired) electrons. The summed E-state index contributed by atoms with van der Waals surface area (Å²) in [7, 11) is 1.85. The lowest BCUT2D eigenvalue weighted by Crippen LogP contribution is -1.92. The molecule has 19 heavy (non-hydrogen) atoms. The van der Waals surface area contributed by atoms with E-state index >= 15 is 0 Å². The van der Waals surface area contributed by atoms with Crippen LogP contribution >= 0.6 is 0 Å². The summed E-state index contributed by atoms with van der Waals surface area (Å²) >= 11 is 0. The molecule has 2 aromatic rings. The molecule has 2 rings (SSSR count). The summed E-state index contributed by atoms with van der Waals surface area (Å²) in [5.41, 5.74) is 2.16. The molecular weight excluding hydrogens is 243 g/mol. The highest BCUT2D eigenvalue weighted by Gasteiger charge is 2.10. The van der Waals surface area contributed by atoms with Gasteiger partial charge in [-0.3, -0.25) is 4.99 Å². The van der Waals surface area contributed by atoms with Gasteiger partial charge in [0.1, 0.15) is 12.1 Å². The van der Waals surface area contributed by atoms with Gasteiger partial charge in [0.15, 0.2) is 0 Å². The molecule has 3 nitrogen and oxygen atoms in total. The smallest absolute Gasteiger partial charge is 0.132 e. The second-order valence-corrected chi connectivity index (χ2v) is 3.94. The number of benzene rings is 1. The standard InChI is InChI=1S/C12H11FN2.C3H6O/c1-8(14-2)12-7-9-10(13)5-4-6-11(9)15(12)3;1-2-3-4/h4-7H,1-2H2,3H3;3H,2H2,1H3. The summed E-state index contributed by atoms with van der Waals surface area (Å²) in [4.78, 5) is 12.9. The number of aldehydes is 1. The van der Waals surface area contributed by atoms with Crippen molar-refractivity contribution in [2.75, 3.05) is 0 Å². The van der Waals surface area contributed by atoms with Gasteiger partial charge in [0, 0.05) is 18.9 Å². The molecule has 0 aliphatic carbocycles. The van der Waals surface area contributed by atoms with E-state index in [1.807, 2.05) is 24.6 Å². The first-order valence-corrected chi connectivity index (χ1v) is 5.90. The molecule has 0 N–H and O–H groups in total. The van der Waals surface area contributed by atoms with Crippen LogP contribution in [0, 0.1) is 5.82 Å². The van der Waals surface area contributed by atoms with Crippen molar-refractivity contribution in [3.05, 3.63) is 42.4 Å². The number of carbonyl (C=O) groups excluding carboxylic acids is 1. The minimum atomic E-state index is -0.230. The van der Waals surface area contributed by atoms with Crippen molar-refractivity contribution in [1.82, 2.24) is 4.57 Å². The molecule has 4 heteroatoms. The fourth-order valence-corrected chi connectivity index (χ4v) is 1.68. The molecule has 0 aliphatic rings. The molecule has 0 bridgehead atoms. The number of aromatic nitrogens is 1. The molecule has 0 atom stereocenters. The van der Waals surface area contributed by atoms with Crippen LogP contribution in [-0.2, 0) is 11.8 Å². The van der Waals surface area contributed by atoms with E-state index in [1.165, 1.54) is 6.07 Å². The van der Waals surface area contributed by atoms with E-state index in [-0.39, 0.29) is 5.82 Å². The number of rotatable bonds is 3. The summed E-state index contributed by atoms with van der Waals surface area (Å²) in [6.07, 6.45) is 1.51. The summed E-state index contributed by atoms with van der Waals surface area (Å²) in [5, 5.41) is 0.583. The maximum absolute atomic E-state index is 13.5. The third kappa shape index (κ3) is 3.16. The molecule has 0 unspecified atom stereocenters. The van der Waals surface area contributed by atoms with Crippen molar-refractivity contribution < 1.29 is 9.18 Å². The summed E-state index contributed by atoms with van der Waals surface area (Å²) in [6, 6.07) is 6.72. The monoisotopic (exact) mass is 260 g/mol. The van der Waals surface area contributed by atoms with Gasteiger partial charge in [0.2, 0.25) is 0 Å². The molecule has 0 fully saturated rings. The highest BCUT2D eigenvalue weighted by Crippen LogP contribution is 2.25. The van der Waals surface area contributed by atoms with Gasteiger partial charge in [-0.2, -0.15) is 0 Å². The molecule has 1 heterocycles. The zero-order valence-electron chi connectivity index (χ0n) is 11.2. The third-order valence-corrected chi connectivity index (χ3v) is 2.69. The minimum absolute atomic E-state index is 0.230. The first kappa shape index (κ1) is 14.8. The minimum Gasteiger partial charge on any atom is -0.342 e. The van der Waals surface area contributed by atoms with Crippen LogP contribution in [0.15, 0.2) is 35.8 Å². The average molecular weight is 260 g/mol. The molecule has 0 saturated heterocycles. The number of carbonyl (C=O) groups is 1. The normalized spacial score (nSPS) is 9.63. The van der Waals surface area contributed by atoms with Crippen LogP contribution in [0.3, 0.4) is 0 Å². The van der Waals surface area contributed by atoms with E-state index in [0.717, 1.165) is 17.5 Å². The number of halogens is 1. The van der Waals surface area contributed by atoms with Gasteiger partial charge < -0.3 is 9.36 Å². The van der Waals surface area contributed by atoms with Crippen LogP contribution in [0.2, 0.25) is 0 Å². The van der Waals surface area contributed by atoms with Crippen LogP contribution < -0.4 is 0 Å². The second kappa shape index (κ2) is 6.64. The Kier molecular flexibility index (Phi) is 5.18. The Morgan fingerprint density at radius 1 is 1.53 bits per heavy atom. The van der Waals surface area contributed by atoms with E-state index in [2.05, 4.69) is 18.3 Å². The number of fused-ring (bicyclic) bond motifs is 1. The number of aliphatic imine (C=N–C) groups is 1. The number of hydrogen-bond donors (Lipinski definition) is 0. The van der Waals surface area contributed by atoms with Crippen molar-refractivity contribution in [2.24, 2.45) is 12.0 Å². The van der Waals surface area contributed by atoms with E-state index < -0.39 is 0 Å². The van der Waals surface area contributed by atoms with Crippen molar-refractivity contribution in [2.45, 2.75) is 13.3 Å². The molecule has 0 amide bonds. The van der Waals surface area contributed by atoms with Crippen molar-refractivity contribution >= 4 is 29.6 Å². The van der Waals surface area contributed by atoms with Gasteiger partial charge >= 0.3 is 0 Å². The molecule has 0 aliphatic heterocycles. The fourth-order valence-electron chi connectivity index (χ4n) is 1.68.